The molecule has 1 unspecified atom stereocenters. The topological polar surface area (TPSA) is 79.2 Å². The number of allylic oxidation sites excluding steroid dienone is 1. The van der Waals surface area contributed by atoms with E-state index in [0.717, 1.165) is 56.4 Å². The molecule has 3 aliphatic rings. The number of carbonyl (C=O) groups excluding carboxylic acids is 1. The van der Waals surface area contributed by atoms with Crippen molar-refractivity contribution in [1.82, 2.24) is 25.1 Å². The van der Waals surface area contributed by atoms with E-state index < -0.39 is 0 Å². The molecule has 1 atom stereocenters. The van der Waals surface area contributed by atoms with Crippen LogP contribution in [0.25, 0.3) is 60.3 Å². The maximum Gasteiger partial charge on any atom is 0.222 e. The Kier molecular flexibility index (Phi) is 8.70. The minimum Gasteiger partial charge on any atom is -0.384 e. The third kappa shape index (κ3) is 6.06. The number of benzene rings is 5. The van der Waals surface area contributed by atoms with Crippen molar-refractivity contribution >= 4 is 60.8 Å². The number of nitrogens with one attached hydrogen (secondary N) is 4. The molecule has 0 fully saturated rings. The summed E-state index contributed by atoms with van der Waals surface area (Å²) in [5.74, 6) is 0.374. The van der Waals surface area contributed by atoms with Crippen molar-refractivity contribution in [1.29, 1.82) is 0 Å². The van der Waals surface area contributed by atoms with Crippen molar-refractivity contribution in [2.75, 3.05) is 52.6 Å². The van der Waals surface area contributed by atoms with Crippen LogP contribution in [0.15, 0.2) is 108 Å². The van der Waals surface area contributed by atoms with Gasteiger partial charge in [0.25, 0.3) is 0 Å². The maximum atomic E-state index is 14.1. The SMILES string of the molecule is CN(C)CCCc1cc(C2=CC(CN(C)C(=O)CCc3cc(-c4cccc5c4NCC5)cc4[nH]c5ccccc5c34)C3=C2NCC3)cc2[nH]c3ccccc3c12. The molecule has 2 aliphatic heterocycles. The molecule has 4 N–H and O–H groups in total. The standard InChI is InChI=1S/C49H50N6O/c1-54(2)23-9-11-31-24-34(28-44-46(31)38-12-4-6-15-41(38)53-44)40-26-35(37-20-22-51-49(37)40)29-55(3)45(56)18-17-32-25-33(36-14-8-10-30-19-21-50-48(30)36)27-43-47(32)39-13-5-7-16-42(39)52-43/h4-8,10,12-16,24-28,35,50-53H,9,11,17-23,29H2,1-3H3. The molecule has 4 heterocycles. The molecule has 7 heteroatoms. The minimum atomic E-state index is 0.184. The molecule has 7 aromatic rings. The number of hydrogen-bond acceptors (Lipinski definition) is 4. The van der Waals surface area contributed by atoms with Crippen LogP contribution in [0.3, 0.4) is 0 Å². The molecule has 1 amide bonds. The van der Waals surface area contributed by atoms with Crippen molar-refractivity contribution in [3.8, 4) is 11.1 Å². The summed E-state index contributed by atoms with van der Waals surface area (Å²) in [4.78, 5) is 25.7. The highest BCUT2D eigenvalue weighted by Gasteiger charge is 2.32. The Balaban J connectivity index is 0.925. The summed E-state index contributed by atoms with van der Waals surface area (Å²) in [6.07, 6.45) is 7.76. The van der Waals surface area contributed by atoms with Crippen LogP contribution in [0.2, 0.25) is 0 Å². The van der Waals surface area contributed by atoms with E-state index in [1.165, 1.54) is 88.5 Å². The number of aromatic amines is 2. The van der Waals surface area contributed by atoms with Gasteiger partial charge in [-0.05, 0) is 110 Å². The Morgan fingerprint density at radius 1 is 0.714 bits per heavy atom. The average Bonchev–Trinajstić information content (AvgIpc) is 4.04. The Bertz CT molecular complexity index is 2740. The second-order valence-electron chi connectivity index (χ2n) is 16.4. The molecule has 0 saturated carbocycles. The molecule has 0 spiro atoms. The van der Waals surface area contributed by atoms with E-state index in [9.17, 15) is 4.79 Å². The zero-order valence-corrected chi connectivity index (χ0v) is 32.7. The lowest BCUT2D eigenvalue weighted by molar-refractivity contribution is -0.130. The molecule has 2 aromatic heterocycles. The lowest BCUT2D eigenvalue weighted by Crippen LogP contribution is -2.31. The monoisotopic (exact) mass is 738 g/mol. The van der Waals surface area contributed by atoms with E-state index in [0.29, 0.717) is 19.4 Å². The molecule has 1 aliphatic carbocycles. The molecule has 282 valence electrons. The highest BCUT2D eigenvalue weighted by atomic mass is 16.2. The number of amides is 1. The largest absolute Gasteiger partial charge is 0.384 e. The van der Waals surface area contributed by atoms with E-state index >= 15 is 0 Å². The highest BCUT2D eigenvalue weighted by Crippen LogP contribution is 2.43. The summed E-state index contributed by atoms with van der Waals surface area (Å²) in [6.45, 7) is 3.65. The van der Waals surface area contributed by atoms with Crippen LogP contribution in [-0.4, -0.2) is 73.0 Å². The van der Waals surface area contributed by atoms with Gasteiger partial charge in [0.15, 0.2) is 0 Å². The van der Waals surface area contributed by atoms with Crippen molar-refractivity contribution in [2.45, 2.75) is 38.5 Å². The molecule has 7 nitrogen and oxygen atoms in total. The van der Waals surface area contributed by atoms with Gasteiger partial charge in [-0.1, -0.05) is 72.8 Å². The van der Waals surface area contributed by atoms with Gasteiger partial charge in [0.1, 0.15) is 0 Å². The summed E-state index contributed by atoms with van der Waals surface area (Å²) in [7, 11) is 6.29. The van der Waals surface area contributed by atoms with Crippen LogP contribution < -0.4 is 10.6 Å². The second kappa shape index (κ2) is 14.1. The van der Waals surface area contributed by atoms with Gasteiger partial charge in [-0.3, -0.25) is 4.79 Å². The van der Waals surface area contributed by atoms with Gasteiger partial charge >= 0.3 is 0 Å². The Morgan fingerprint density at radius 3 is 2.14 bits per heavy atom. The number of anilines is 1. The average molecular weight is 739 g/mol. The summed E-state index contributed by atoms with van der Waals surface area (Å²) in [5.41, 5.74) is 17.5. The molecule has 56 heavy (non-hydrogen) atoms. The predicted octanol–water partition coefficient (Wildman–Crippen LogP) is 9.44. The van der Waals surface area contributed by atoms with Crippen LogP contribution in [0, 0.1) is 5.92 Å². The first-order valence-corrected chi connectivity index (χ1v) is 20.4. The van der Waals surface area contributed by atoms with Crippen LogP contribution >= 0.6 is 0 Å². The van der Waals surface area contributed by atoms with Crippen LogP contribution in [0.1, 0.15) is 41.5 Å². The highest BCUT2D eigenvalue weighted by molar-refractivity contribution is 6.11. The predicted molar refractivity (Wildman–Crippen MR) is 233 cm³/mol. The van der Waals surface area contributed by atoms with E-state index in [4.69, 9.17) is 0 Å². The number of nitrogens with zero attached hydrogens (tertiary/aromatic N) is 2. The summed E-state index contributed by atoms with van der Waals surface area (Å²) < 4.78 is 0. The van der Waals surface area contributed by atoms with Gasteiger partial charge in [0, 0.05) is 105 Å². The van der Waals surface area contributed by atoms with E-state index in [2.05, 4.69) is 137 Å². The van der Waals surface area contributed by atoms with Crippen LogP contribution in [0.5, 0.6) is 0 Å². The fraction of sp³-hybridized carbons (Fsp3) is 0.286. The lowest BCUT2D eigenvalue weighted by Gasteiger charge is -2.22. The number of aromatic nitrogens is 2. The Hall–Kier alpha value is -5.79. The molecule has 0 radical (unpaired) electrons. The first-order chi connectivity index (χ1) is 27.4. The summed E-state index contributed by atoms with van der Waals surface area (Å²) >= 11 is 0. The maximum absolute atomic E-state index is 14.1. The number of carbonyl (C=O) groups is 1. The first kappa shape index (κ1) is 34.7. The summed E-state index contributed by atoms with van der Waals surface area (Å²) in [6, 6.07) is 33.2. The third-order valence-electron chi connectivity index (χ3n) is 12.5. The van der Waals surface area contributed by atoms with Crippen molar-refractivity contribution in [3.05, 3.63) is 131 Å². The molecule has 0 bridgehead atoms. The van der Waals surface area contributed by atoms with Crippen LogP contribution in [-0.2, 0) is 24.1 Å². The van der Waals surface area contributed by atoms with Crippen LogP contribution in [0.4, 0.5) is 5.69 Å². The smallest absolute Gasteiger partial charge is 0.222 e. The lowest BCUT2D eigenvalue weighted by atomic mass is 9.94. The quantitative estimate of drug-likeness (QED) is 0.107. The number of aryl methyl sites for hydroxylation is 2. The van der Waals surface area contributed by atoms with E-state index in [1.807, 2.05) is 11.9 Å². The van der Waals surface area contributed by atoms with Gasteiger partial charge in [0.2, 0.25) is 5.91 Å². The van der Waals surface area contributed by atoms with Gasteiger partial charge in [0.05, 0.1) is 0 Å². The fourth-order valence-corrected chi connectivity index (χ4v) is 9.84. The normalized spacial score (nSPS) is 16.3. The van der Waals surface area contributed by atoms with Crippen molar-refractivity contribution in [2.24, 2.45) is 5.92 Å². The van der Waals surface area contributed by atoms with E-state index in [1.54, 1.807) is 0 Å². The van der Waals surface area contributed by atoms with Crippen molar-refractivity contribution < 1.29 is 4.79 Å². The number of H-pyrrole nitrogens is 2. The Morgan fingerprint density at radius 2 is 1.39 bits per heavy atom. The Labute approximate surface area is 328 Å². The molecule has 5 aromatic carbocycles. The molecule has 10 rings (SSSR count). The number of rotatable bonds is 11. The molecular formula is C49H50N6O. The zero-order chi connectivity index (χ0) is 37.9. The van der Waals surface area contributed by atoms with Gasteiger partial charge in [-0.2, -0.15) is 0 Å². The third-order valence-corrected chi connectivity index (χ3v) is 12.5. The van der Waals surface area contributed by atoms with Gasteiger partial charge in [-0.15, -0.1) is 0 Å². The zero-order valence-electron chi connectivity index (χ0n) is 32.7. The number of fused-ring (bicyclic) bond motifs is 7. The van der Waals surface area contributed by atoms with Gasteiger partial charge in [-0.25, -0.2) is 0 Å². The van der Waals surface area contributed by atoms with Crippen molar-refractivity contribution in [3.63, 3.8) is 0 Å². The van der Waals surface area contributed by atoms with Gasteiger partial charge < -0.3 is 30.4 Å². The second-order valence-corrected chi connectivity index (χ2v) is 16.4. The molecular weight excluding hydrogens is 689 g/mol. The number of hydrogen-bond donors (Lipinski definition) is 4. The fourth-order valence-electron chi connectivity index (χ4n) is 9.84. The van der Waals surface area contributed by atoms with E-state index in [-0.39, 0.29) is 11.8 Å². The minimum absolute atomic E-state index is 0.184. The molecule has 0 saturated heterocycles. The summed E-state index contributed by atoms with van der Waals surface area (Å²) in [5, 5.41) is 12.5. The first-order valence-electron chi connectivity index (χ1n) is 20.4. The number of para-hydroxylation sites is 3.